The number of nitrogens with zero attached hydrogens (tertiary/aromatic N) is 1. The van der Waals surface area contributed by atoms with Crippen LogP contribution in [0.2, 0.25) is 0 Å². The average Bonchev–Trinajstić information content (AvgIpc) is 2.29. The molecule has 1 aromatic carbocycles. The van der Waals surface area contributed by atoms with Crippen molar-refractivity contribution in [1.82, 2.24) is 0 Å². The molecule has 1 aliphatic heterocycles. The first-order valence-electron chi connectivity index (χ1n) is 5.91. The molecular formula is C13H19ClN2O. The normalized spacial score (nSPS) is 15.2. The quantitative estimate of drug-likeness (QED) is 0.835. The van der Waals surface area contributed by atoms with Crippen LogP contribution < -0.4 is 10.6 Å². The SMILES string of the molecule is Cl.NCC(=O)N1CCCCCc2ccccc21. The second-order valence-corrected chi connectivity index (χ2v) is 4.19. The fraction of sp³-hybridized carbons (Fsp3) is 0.462. The average molecular weight is 255 g/mol. The fourth-order valence-electron chi connectivity index (χ4n) is 2.24. The van der Waals surface area contributed by atoms with Crippen molar-refractivity contribution in [2.75, 3.05) is 18.0 Å². The van der Waals surface area contributed by atoms with Gasteiger partial charge < -0.3 is 10.6 Å². The summed E-state index contributed by atoms with van der Waals surface area (Å²) in [6, 6.07) is 8.15. The maximum Gasteiger partial charge on any atom is 0.240 e. The molecule has 0 saturated heterocycles. The molecule has 0 radical (unpaired) electrons. The van der Waals surface area contributed by atoms with E-state index in [4.69, 9.17) is 5.73 Å². The fourth-order valence-corrected chi connectivity index (χ4v) is 2.24. The second kappa shape index (κ2) is 6.62. The third kappa shape index (κ3) is 3.20. The lowest BCUT2D eigenvalue weighted by Crippen LogP contribution is -2.37. The number of aryl methyl sites for hydroxylation is 1. The van der Waals surface area contributed by atoms with Crippen molar-refractivity contribution in [1.29, 1.82) is 0 Å². The van der Waals surface area contributed by atoms with Crippen molar-refractivity contribution in [3.8, 4) is 0 Å². The zero-order valence-corrected chi connectivity index (χ0v) is 10.7. The maximum absolute atomic E-state index is 11.8. The molecule has 1 amide bonds. The zero-order valence-electron chi connectivity index (χ0n) is 9.89. The molecule has 0 fully saturated rings. The lowest BCUT2D eigenvalue weighted by molar-refractivity contribution is -0.117. The van der Waals surface area contributed by atoms with Crippen molar-refractivity contribution < 1.29 is 4.79 Å². The van der Waals surface area contributed by atoms with Crippen LogP contribution in [-0.4, -0.2) is 19.0 Å². The number of amides is 1. The van der Waals surface area contributed by atoms with Crippen molar-refractivity contribution in [3.63, 3.8) is 0 Å². The largest absolute Gasteiger partial charge is 0.322 e. The number of hydrogen-bond acceptors (Lipinski definition) is 2. The highest BCUT2D eigenvalue weighted by Gasteiger charge is 2.18. The Bertz CT molecular complexity index is 381. The molecule has 4 heteroatoms. The van der Waals surface area contributed by atoms with Crippen molar-refractivity contribution >= 4 is 24.0 Å². The Morgan fingerprint density at radius 3 is 2.76 bits per heavy atom. The number of halogens is 1. The van der Waals surface area contributed by atoms with E-state index in [1.165, 1.54) is 18.4 Å². The summed E-state index contributed by atoms with van der Waals surface area (Å²) in [7, 11) is 0. The summed E-state index contributed by atoms with van der Waals surface area (Å²) < 4.78 is 0. The van der Waals surface area contributed by atoms with Gasteiger partial charge in [-0.25, -0.2) is 0 Å². The minimum absolute atomic E-state index is 0. The topological polar surface area (TPSA) is 46.3 Å². The molecule has 1 heterocycles. The maximum atomic E-state index is 11.8. The van der Waals surface area contributed by atoms with E-state index in [0.29, 0.717) is 0 Å². The highest BCUT2D eigenvalue weighted by molar-refractivity contribution is 5.95. The van der Waals surface area contributed by atoms with E-state index >= 15 is 0 Å². The molecule has 1 aliphatic rings. The third-order valence-corrected chi connectivity index (χ3v) is 3.09. The van der Waals surface area contributed by atoms with Crippen molar-refractivity contribution in [2.45, 2.75) is 25.7 Å². The summed E-state index contributed by atoms with van der Waals surface area (Å²) in [6.07, 6.45) is 4.52. The summed E-state index contributed by atoms with van der Waals surface area (Å²) in [5, 5.41) is 0. The van der Waals surface area contributed by atoms with Crippen LogP contribution in [0.15, 0.2) is 24.3 Å². The standard InChI is InChI=1S/C13H18N2O.ClH/c14-10-13(16)15-9-5-1-2-6-11-7-3-4-8-12(11)15;/h3-4,7-8H,1-2,5-6,9-10,14H2;1H. The highest BCUT2D eigenvalue weighted by atomic mass is 35.5. The molecule has 0 aromatic heterocycles. The van der Waals surface area contributed by atoms with Gasteiger partial charge in [0.1, 0.15) is 0 Å². The predicted molar refractivity (Wildman–Crippen MR) is 72.7 cm³/mol. The van der Waals surface area contributed by atoms with Crippen LogP contribution in [0.1, 0.15) is 24.8 Å². The Morgan fingerprint density at radius 1 is 1.24 bits per heavy atom. The Balaban J connectivity index is 0.00000144. The smallest absolute Gasteiger partial charge is 0.240 e. The van der Waals surface area contributed by atoms with Gasteiger partial charge >= 0.3 is 0 Å². The van der Waals surface area contributed by atoms with E-state index < -0.39 is 0 Å². The van der Waals surface area contributed by atoms with E-state index in [0.717, 1.165) is 25.1 Å². The number of hydrogen-bond donors (Lipinski definition) is 1. The van der Waals surface area contributed by atoms with Crippen LogP contribution >= 0.6 is 12.4 Å². The summed E-state index contributed by atoms with van der Waals surface area (Å²) in [6.45, 7) is 0.890. The Morgan fingerprint density at radius 2 is 2.00 bits per heavy atom. The van der Waals surface area contributed by atoms with Crippen LogP contribution in [0.4, 0.5) is 5.69 Å². The van der Waals surface area contributed by atoms with Crippen LogP contribution in [0.5, 0.6) is 0 Å². The molecule has 17 heavy (non-hydrogen) atoms. The van der Waals surface area contributed by atoms with Gasteiger partial charge in [0.2, 0.25) is 5.91 Å². The number of benzene rings is 1. The lowest BCUT2D eigenvalue weighted by Gasteiger charge is -2.26. The van der Waals surface area contributed by atoms with Gasteiger partial charge in [0.25, 0.3) is 0 Å². The van der Waals surface area contributed by atoms with Gasteiger partial charge in [0.05, 0.1) is 6.54 Å². The molecule has 2 N–H and O–H groups in total. The minimum Gasteiger partial charge on any atom is -0.322 e. The predicted octanol–water partition coefficient (Wildman–Crippen LogP) is 2.13. The van der Waals surface area contributed by atoms with Crippen LogP contribution in [-0.2, 0) is 11.2 Å². The molecule has 94 valence electrons. The summed E-state index contributed by atoms with van der Waals surface area (Å²) in [5.74, 6) is 0.0225. The van der Waals surface area contributed by atoms with Gasteiger partial charge in [-0.1, -0.05) is 24.6 Å². The first-order chi connectivity index (χ1) is 7.83. The van der Waals surface area contributed by atoms with Gasteiger partial charge in [-0.05, 0) is 30.9 Å². The first kappa shape index (κ1) is 14.0. The van der Waals surface area contributed by atoms with Gasteiger partial charge in [0.15, 0.2) is 0 Å². The second-order valence-electron chi connectivity index (χ2n) is 4.19. The van der Waals surface area contributed by atoms with Gasteiger partial charge in [-0.15, -0.1) is 12.4 Å². The van der Waals surface area contributed by atoms with E-state index in [1.54, 1.807) is 0 Å². The molecular weight excluding hydrogens is 236 g/mol. The van der Waals surface area contributed by atoms with E-state index in [1.807, 2.05) is 23.1 Å². The van der Waals surface area contributed by atoms with Crippen LogP contribution in [0, 0.1) is 0 Å². The summed E-state index contributed by atoms with van der Waals surface area (Å²) >= 11 is 0. The van der Waals surface area contributed by atoms with E-state index in [-0.39, 0.29) is 24.9 Å². The summed E-state index contributed by atoms with van der Waals surface area (Å²) in [4.78, 5) is 13.6. The third-order valence-electron chi connectivity index (χ3n) is 3.09. The van der Waals surface area contributed by atoms with E-state index in [2.05, 4.69) is 6.07 Å². The Labute approximate surface area is 108 Å². The molecule has 2 rings (SSSR count). The van der Waals surface area contributed by atoms with Gasteiger partial charge in [-0.3, -0.25) is 4.79 Å². The van der Waals surface area contributed by atoms with Crippen molar-refractivity contribution in [2.24, 2.45) is 5.73 Å². The summed E-state index contributed by atoms with van der Waals surface area (Å²) in [5.41, 5.74) is 7.78. The number of nitrogens with two attached hydrogens (primary N) is 1. The number of rotatable bonds is 1. The molecule has 0 bridgehead atoms. The Hall–Kier alpha value is -1.06. The van der Waals surface area contributed by atoms with Crippen molar-refractivity contribution in [3.05, 3.63) is 29.8 Å². The molecule has 0 spiro atoms. The zero-order chi connectivity index (χ0) is 11.4. The lowest BCUT2D eigenvalue weighted by atomic mass is 10.0. The minimum atomic E-state index is 0. The Kier molecular flexibility index (Phi) is 5.45. The van der Waals surface area contributed by atoms with E-state index in [9.17, 15) is 4.79 Å². The monoisotopic (exact) mass is 254 g/mol. The molecule has 0 saturated carbocycles. The number of carbonyl (C=O) groups excluding carboxylic acids is 1. The highest BCUT2D eigenvalue weighted by Crippen LogP contribution is 2.25. The first-order valence-corrected chi connectivity index (χ1v) is 5.91. The van der Waals surface area contributed by atoms with Crippen LogP contribution in [0.3, 0.4) is 0 Å². The number of carbonyl (C=O) groups is 1. The number of fused-ring (bicyclic) bond motifs is 1. The molecule has 0 atom stereocenters. The number of anilines is 1. The molecule has 0 aliphatic carbocycles. The van der Waals surface area contributed by atoms with Gasteiger partial charge in [0, 0.05) is 12.2 Å². The van der Waals surface area contributed by atoms with Crippen LogP contribution in [0.25, 0.3) is 0 Å². The number of para-hydroxylation sites is 1. The molecule has 0 unspecified atom stereocenters. The molecule has 3 nitrogen and oxygen atoms in total. The van der Waals surface area contributed by atoms with Gasteiger partial charge in [-0.2, -0.15) is 0 Å². The molecule has 1 aromatic rings.